The van der Waals surface area contributed by atoms with Crippen molar-refractivity contribution in [2.24, 2.45) is 0 Å². The van der Waals surface area contributed by atoms with Crippen LogP contribution in [0.4, 0.5) is 5.82 Å². The minimum Gasteiger partial charge on any atom is -0.300 e. The molecule has 0 aliphatic carbocycles. The zero-order valence-corrected chi connectivity index (χ0v) is 12.1. The van der Waals surface area contributed by atoms with E-state index < -0.39 is 0 Å². The van der Waals surface area contributed by atoms with Crippen molar-refractivity contribution in [3.63, 3.8) is 0 Å². The van der Waals surface area contributed by atoms with Crippen LogP contribution in [0.3, 0.4) is 0 Å². The van der Waals surface area contributed by atoms with Crippen molar-refractivity contribution < 1.29 is 0 Å². The van der Waals surface area contributed by atoms with Crippen LogP contribution in [0.2, 0.25) is 0 Å². The van der Waals surface area contributed by atoms with E-state index >= 15 is 0 Å². The van der Waals surface area contributed by atoms with E-state index in [0.29, 0.717) is 23.5 Å². The van der Waals surface area contributed by atoms with Crippen LogP contribution in [-0.4, -0.2) is 27.3 Å². The minimum atomic E-state index is 0.443. The van der Waals surface area contributed by atoms with Gasteiger partial charge >= 0.3 is 0 Å². The van der Waals surface area contributed by atoms with Crippen LogP contribution in [0, 0.1) is 25.2 Å². The van der Waals surface area contributed by atoms with Crippen LogP contribution >= 0.6 is 0 Å². The molecule has 0 radical (unpaired) electrons. The number of aryl methyl sites for hydroxylation is 1. The Bertz CT molecular complexity index is 495. The third-order valence-corrected chi connectivity index (χ3v) is 3.99. The molecule has 5 nitrogen and oxygen atoms in total. The van der Waals surface area contributed by atoms with Gasteiger partial charge in [-0.15, -0.1) is 5.10 Å². The van der Waals surface area contributed by atoms with Gasteiger partial charge in [0.25, 0.3) is 0 Å². The van der Waals surface area contributed by atoms with Gasteiger partial charge in [0.2, 0.25) is 0 Å². The summed E-state index contributed by atoms with van der Waals surface area (Å²) in [6.07, 6.45) is 3.58. The van der Waals surface area contributed by atoms with Gasteiger partial charge in [-0.05, 0) is 46.1 Å². The number of nitrogens with one attached hydrogen (secondary N) is 1. The van der Waals surface area contributed by atoms with Gasteiger partial charge in [0.15, 0.2) is 5.82 Å². The summed E-state index contributed by atoms with van der Waals surface area (Å²) in [5.41, 5.74) is 5.61. The molecule has 0 aromatic carbocycles. The standard InChI is InChI=1S/C14H21N5/c1-9-6-5-7-10(2)19(9)18-14-13(8-15)11(3)12(4)16-17-14/h9-10H,5-7H2,1-4H3,(H,17,18). The molecule has 1 fully saturated rings. The van der Waals surface area contributed by atoms with E-state index in [1.807, 2.05) is 13.8 Å². The van der Waals surface area contributed by atoms with Crippen molar-refractivity contribution in [3.05, 3.63) is 16.8 Å². The number of hydrazine groups is 1. The molecular weight excluding hydrogens is 238 g/mol. The third kappa shape index (κ3) is 2.69. The van der Waals surface area contributed by atoms with Gasteiger partial charge in [-0.25, -0.2) is 5.01 Å². The molecule has 2 rings (SSSR count). The Hall–Kier alpha value is -1.67. The first-order chi connectivity index (χ1) is 9.04. The van der Waals surface area contributed by atoms with Gasteiger partial charge in [0.05, 0.1) is 5.69 Å². The fraction of sp³-hybridized carbons (Fsp3) is 0.643. The minimum absolute atomic E-state index is 0.443. The lowest BCUT2D eigenvalue weighted by Crippen LogP contribution is -2.47. The molecular formula is C14H21N5. The predicted octanol–water partition coefficient (Wildman–Crippen LogP) is 2.55. The average molecular weight is 259 g/mol. The van der Waals surface area contributed by atoms with Crippen molar-refractivity contribution in [1.82, 2.24) is 15.2 Å². The highest BCUT2D eigenvalue weighted by Gasteiger charge is 2.26. The van der Waals surface area contributed by atoms with E-state index in [0.717, 1.165) is 24.1 Å². The second kappa shape index (κ2) is 5.54. The Morgan fingerprint density at radius 3 is 2.42 bits per heavy atom. The second-order valence-corrected chi connectivity index (χ2v) is 5.39. The van der Waals surface area contributed by atoms with Crippen LogP contribution in [0.5, 0.6) is 0 Å². The van der Waals surface area contributed by atoms with Gasteiger partial charge in [0, 0.05) is 12.1 Å². The molecule has 2 unspecified atom stereocenters. The fourth-order valence-electron chi connectivity index (χ4n) is 2.59. The van der Waals surface area contributed by atoms with Crippen molar-refractivity contribution in [1.29, 1.82) is 5.26 Å². The summed E-state index contributed by atoms with van der Waals surface area (Å²) in [5, 5.41) is 19.8. The lowest BCUT2D eigenvalue weighted by Gasteiger charge is -2.39. The zero-order valence-electron chi connectivity index (χ0n) is 12.1. The molecule has 1 N–H and O–H groups in total. The highest BCUT2D eigenvalue weighted by Crippen LogP contribution is 2.25. The molecule has 19 heavy (non-hydrogen) atoms. The molecule has 102 valence electrons. The lowest BCUT2D eigenvalue weighted by atomic mass is 10.00. The number of hydrogen-bond donors (Lipinski definition) is 1. The second-order valence-electron chi connectivity index (χ2n) is 5.39. The summed E-state index contributed by atoms with van der Waals surface area (Å²) >= 11 is 0. The Kier molecular flexibility index (Phi) is 4.01. The summed E-state index contributed by atoms with van der Waals surface area (Å²) in [5.74, 6) is 0.575. The molecule has 1 aliphatic rings. The maximum atomic E-state index is 9.31. The molecule has 0 saturated carbocycles. The van der Waals surface area contributed by atoms with Gasteiger partial charge < -0.3 is 0 Å². The number of piperidine rings is 1. The number of hydrogen-bond acceptors (Lipinski definition) is 5. The van der Waals surface area contributed by atoms with Crippen molar-refractivity contribution in [3.8, 4) is 6.07 Å². The summed E-state index contributed by atoms with van der Waals surface area (Å²) in [6, 6.07) is 3.12. The van der Waals surface area contributed by atoms with Crippen molar-refractivity contribution in [2.75, 3.05) is 5.43 Å². The Balaban J connectivity index is 2.28. The zero-order chi connectivity index (χ0) is 14.0. The molecule has 1 aliphatic heterocycles. The SMILES string of the molecule is Cc1nnc(NN2C(C)CCCC2C)c(C#N)c1C. The largest absolute Gasteiger partial charge is 0.300 e. The topological polar surface area (TPSA) is 64.8 Å². The number of nitrogens with zero attached hydrogens (tertiary/aromatic N) is 4. The van der Waals surface area contributed by atoms with Crippen LogP contribution in [0.25, 0.3) is 0 Å². The van der Waals surface area contributed by atoms with Crippen molar-refractivity contribution in [2.45, 2.75) is 59.0 Å². The molecule has 1 aromatic heterocycles. The number of rotatable bonds is 2. The van der Waals surface area contributed by atoms with Gasteiger partial charge in [-0.1, -0.05) is 6.42 Å². The summed E-state index contributed by atoms with van der Waals surface area (Å²) in [6.45, 7) is 8.18. The van der Waals surface area contributed by atoms with Crippen LogP contribution in [0.15, 0.2) is 0 Å². The summed E-state index contributed by atoms with van der Waals surface area (Å²) in [4.78, 5) is 0. The van der Waals surface area contributed by atoms with Gasteiger partial charge in [-0.2, -0.15) is 10.4 Å². The maximum absolute atomic E-state index is 9.31. The maximum Gasteiger partial charge on any atom is 0.181 e. The first-order valence-corrected chi connectivity index (χ1v) is 6.83. The molecule has 0 bridgehead atoms. The van der Waals surface area contributed by atoms with Crippen LogP contribution in [0.1, 0.15) is 49.9 Å². The Morgan fingerprint density at radius 1 is 1.21 bits per heavy atom. The van der Waals surface area contributed by atoms with E-state index in [2.05, 4.69) is 40.5 Å². The third-order valence-electron chi connectivity index (χ3n) is 3.99. The molecule has 0 spiro atoms. The van der Waals surface area contributed by atoms with Gasteiger partial charge in [0.1, 0.15) is 11.6 Å². The first-order valence-electron chi connectivity index (χ1n) is 6.83. The lowest BCUT2D eigenvalue weighted by molar-refractivity contribution is 0.135. The number of anilines is 1. The smallest absolute Gasteiger partial charge is 0.181 e. The highest BCUT2D eigenvalue weighted by atomic mass is 15.6. The molecule has 0 amide bonds. The summed E-state index contributed by atoms with van der Waals surface area (Å²) in [7, 11) is 0. The predicted molar refractivity (Wildman–Crippen MR) is 74.5 cm³/mol. The molecule has 5 heteroatoms. The van der Waals surface area contributed by atoms with Crippen molar-refractivity contribution >= 4 is 5.82 Å². The van der Waals surface area contributed by atoms with E-state index in [4.69, 9.17) is 0 Å². The molecule has 2 heterocycles. The fourth-order valence-corrected chi connectivity index (χ4v) is 2.59. The average Bonchev–Trinajstić information content (AvgIpc) is 2.38. The van der Waals surface area contributed by atoms with Crippen LogP contribution in [-0.2, 0) is 0 Å². The normalized spacial score (nSPS) is 23.9. The molecule has 1 saturated heterocycles. The summed E-state index contributed by atoms with van der Waals surface area (Å²) < 4.78 is 0. The van der Waals surface area contributed by atoms with Gasteiger partial charge in [-0.3, -0.25) is 5.43 Å². The number of aromatic nitrogens is 2. The number of nitriles is 1. The highest BCUT2D eigenvalue weighted by molar-refractivity contribution is 5.55. The van der Waals surface area contributed by atoms with E-state index in [9.17, 15) is 5.26 Å². The Morgan fingerprint density at radius 2 is 1.84 bits per heavy atom. The van der Waals surface area contributed by atoms with E-state index in [1.165, 1.54) is 6.42 Å². The Labute approximate surface area is 114 Å². The van der Waals surface area contributed by atoms with E-state index in [-0.39, 0.29) is 0 Å². The first kappa shape index (κ1) is 13.8. The van der Waals surface area contributed by atoms with E-state index in [1.54, 1.807) is 0 Å². The molecule has 2 atom stereocenters. The monoisotopic (exact) mass is 259 g/mol. The quantitative estimate of drug-likeness (QED) is 0.884. The van der Waals surface area contributed by atoms with Crippen LogP contribution < -0.4 is 5.43 Å². The molecule has 1 aromatic rings.